The summed E-state index contributed by atoms with van der Waals surface area (Å²) in [4.78, 5) is 11.4. The molecule has 1 saturated heterocycles. The van der Waals surface area contributed by atoms with E-state index in [1.165, 1.54) is 6.92 Å². The average Bonchev–Trinajstić information content (AvgIpc) is 2.63. The first-order valence-electron chi connectivity index (χ1n) is 9.86. The van der Waals surface area contributed by atoms with Gasteiger partial charge in [0.25, 0.3) is 0 Å². The summed E-state index contributed by atoms with van der Waals surface area (Å²) in [5, 5.41) is 10.5. The largest absolute Gasteiger partial charge is 0.463 e. The number of hydrogen-bond acceptors (Lipinski definition) is 6. The van der Waals surface area contributed by atoms with Gasteiger partial charge in [0.2, 0.25) is 0 Å². The molecule has 0 amide bonds. The topological polar surface area (TPSA) is 74.2 Å². The predicted molar refractivity (Wildman–Crippen MR) is 122 cm³/mol. The van der Waals surface area contributed by atoms with Gasteiger partial charge in [-0.15, -0.1) is 0 Å². The first-order valence-corrected chi connectivity index (χ1v) is 14.0. The lowest BCUT2D eigenvalue weighted by atomic mass is 10.0. The minimum Gasteiger partial charge on any atom is -0.463 e. The molecular weight excluding hydrogens is 503 g/mol. The van der Waals surface area contributed by atoms with E-state index in [1.807, 2.05) is 30.3 Å². The summed E-state index contributed by atoms with van der Waals surface area (Å²) in [5.41, 5.74) is 1.03. The van der Waals surface area contributed by atoms with Gasteiger partial charge in [-0.3, -0.25) is 4.79 Å². The van der Waals surface area contributed by atoms with Crippen LogP contribution < -0.4 is 0 Å². The van der Waals surface area contributed by atoms with E-state index in [0.717, 1.165) is 5.56 Å². The maximum absolute atomic E-state index is 11.4. The number of alkyl halides is 1. The third-order valence-corrected chi connectivity index (χ3v) is 11.4. The van der Waals surface area contributed by atoms with Crippen molar-refractivity contribution in [2.24, 2.45) is 0 Å². The Kier molecular flexibility index (Phi) is 8.69. The van der Waals surface area contributed by atoms with E-state index >= 15 is 0 Å². The Morgan fingerprint density at radius 2 is 1.83 bits per heavy atom. The van der Waals surface area contributed by atoms with Gasteiger partial charge in [-0.05, 0) is 23.7 Å². The number of aliphatic hydroxyl groups is 1. The molecule has 0 radical (unpaired) electrons. The van der Waals surface area contributed by atoms with Crippen LogP contribution in [-0.2, 0) is 30.0 Å². The van der Waals surface area contributed by atoms with Crippen molar-refractivity contribution in [3.05, 3.63) is 35.9 Å². The number of hydrogen-bond donors (Lipinski definition) is 1. The number of aliphatic hydroxyl groups excluding tert-OH is 1. The third-order valence-electron chi connectivity index (χ3n) is 5.56. The molecule has 1 fully saturated rings. The van der Waals surface area contributed by atoms with Crippen molar-refractivity contribution in [1.82, 2.24) is 0 Å². The number of carbonyl (C=O) groups excluding carboxylic acids is 1. The maximum atomic E-state index is 11.4. The Morgan fingerprint density at radius 3 is 2.38 bits per heavy atom. The van der Waals surface area contributed by atoms with Crippen molar-refractivity contribution in [2.45, 2.75) is 81.0 Å². The average molecular weight is 536 g/mol. The van der Waals surface area contributed by atoms with E-state index in [2.05, 4.69) is 56.5 Å². The van der Waals surface area contributed by atoms with Crippen molar-refractivity contribution in [3.63, 3.8) is 0 Å². The molecule has 5 atom stereocenters. The highest BCUT2D eigenvalue weighted by Gasteiger charge is 2.50. The molecule has 1 aliphatic rings. The van der Waals surface area contributed by atoms with Crippen LogP contribution in [-0.4, -0.2) is 54.5 Å². The second kappa shape index (κ2) is 10.2. The van der Waals surface area contributed by atoms with Gasteiger partial charge < -0.3 is 23.7 Å². The molecule has 0 aliphatic carbocycles. The molecule has 29 heavy (non-hydrogen) atoms. The maximum Gasteiger partial charge on any atom is 0.302 e. The third kappa shape index (κ3) is 6.73. The number of benzene rings is 1. The summed E-state index contributed by atoms with van der Waals surface area (Å²) in [6.45, 7) is 12.6. The van der Waals surface area contributed by atoms with Gasteiger partial charge in [-0.25, -0.2) is 0 Å². The summed E-state index contributed by atoms with van der Waals surface area (Å²) in [6.07, 6.45) is -2.50. The van der Waals surface area contributed by atoms with Crippen molar-refractivity contribution in [1.29, 1.82) is 0 Å². The minimum atomic E-state index is -2.15. The van der Waals surface area contributed by atoms with Crippen molar-refractivity contribution in [3.8, 4) is 0 Å². The van der Waals surface area contributed by atoms with E-state index in [0.29, 0.717) is 6.61 Å². The fourth-order valence-corrected chi connectivity index (χ4v) is 5.16. The zero-order chi connectivity index (χ0) is 21.8. The van der Waals surface area contributed by atoms with E-state index in [1.54, 1.807) is 0 Å². The zero-order valence-corrected chi connectivity index (χ0v) is 21.2. The standard InChI is InChI=1S/C21H33IO6Si/c1-14(23)25-13-16-18(26-12-15-10-8-7-9-11-15)19(17(22)20(24)27-16)28-29(5,6)21(2,3)4/h7-11,16-20,24H,12-13H2,1-6H3/t16-,17-,18-,19-,20?/m1/s1. The Hall–Kier alpha value is -0.523. The smallest absolute Gasteiger partial charge is 0.302 e. The molecule has 0 saturated carbocycles. The minimum absolute atomic E-state index is 0.00196. The molecule has 1 unspecified atom stereocenters. The SMILES string of the molecule is CC(=O)OC[C@H]1OC(O)[C@H](I)[C@@H](O[Si](C)(C)C(C)(C)C)[C@@H]1OCc1ccccc1. The molecule has 0 spiro atoms. The Balaban J connectivity index is 2.27. The molecule has 0 bridgehead atoms. The molecule has 8 heteroatoms. The molecule has 1 aromatic rings. The Bertz CT molecular complexity index is 663. The van der Waals surface area contributed by atoms with E-state index < -0.39 is 32.8 Å². The van der Waals surface area contributed by atoms with Gasteiger partial charge in [-0.2, -0.15) is 0 Å². The second-order valence-electron chi connectivity index (χ2n) is 8.92. The first kappa shape index (κ1) is 24.7. The molecule has 6 nitrogen and oxygen atoms in total. The molecule has 1 aromatic carbocycles. The molecule has 0 aromatic heterocycles. The monoisotopic (exact) mass is 536 g/mol. The van der Waals surface area contributed by atoms with Gasteiger partial charge in [0.05, 0.1) is 16.6 Å². The highest BCUT2D eigenvalue weighted by atomic mass is 127. The lowest BCUT2D eigenvalue weighted by Crippen LogP contribution is -2.61. The number of esters is 1. The summed E-state index contributed by atoms with van der Waals surface area (Å²) >= 11 is 2.17. The van der Waals surface area contributed by atoms with Gasteiger partial charge in [0.15, 0.2) is 14.6 Å². The van der Waals surface area contributed by atoms with Crippen molar-refractivity contribution >= 4 is 36.9 Å². The number of carbonyl (C=O) groups is 1. The molecule has 1 N–H and O–H groups in total. The first-order chi connectivity index (χ1) is 13.4. The summed E-state index contributed by atoms with van der Waals surface area (Å²) in [7, 11) is -2.15. The van der Waals surface area contributed by atoms with Crippen LogP contribution in [0.4, 0.5) is 0 Å². The Labute approximate surface area is 188 Å². The fourth-order valence-electron chi connectivity index (χ4n) is 2.84. The molecule has 164 valence electrons. The lowest BCUT2D eigenvalue weighted by molar-refractivity contribution is -0.244. The van der Waals surface area contributed by atoms with Crippen LogP contribution in [0.3, 0.4) is 0 Å². The lowest BCUT2D eigenvalue weighted by Gasteiger charge is -2.48. The van der Waals surface area contributed by atoms with Crippen molar-refractivity contribution < 1.29 is 28.5 Å². The van der Waals surface area contributed by atoms with Gasteiger partial charge in [0.1, 0.15) is 18.8 Å². The van der Waals surface area contributed by atoms with Crippen LogP contribution >= 0.6 is 22.6 Å². The summed E-state index contributed by atoms with van der Waals surface area (Å²) in [5.74, 6) is -0.400. The van der Waals surface area contributed by atoms with Crippen LogP contribution in [0.25, 0.3) is 0 Å². The van der Waals surface area contributed by atoms with Crippen LogP contribution in [0.5, 0.6) is 0 Å². The molecule has 2 rings (SSSR count). The normalized spacial score (nSPS) is 28.2. The van der Waals surface area contributed by atoms with Crippen LogP contribution in [0, 0.1) is 0 Å². The highest BCUT2D eigenvalue weighted by Crippen LogP contribution is 2.41. The van der Waals surface area contributed by atoms with Gasteiger partial charge in [-0.1, -0.05) is 73.7 Å². The van der Waals surface area contributed by atoms with Crippen molar-refractivity contribution in [2.75, 3.05) is 6.61 Å². The Morgan fingerprint density at radius 1 is 1.21 bits per heavy atom. The second-order valence-corrected chi connectivity index (χ2v) is 15.1. The van der Waals surface area contributed by atoms with Gasteiger partial charge >= 0.3 is 5.97 Å². The zero-order valence-electron chi connectivity index (χ0n) is 18.1. The highest BCUT2D eigenvalue weighted by molar-refractivity contribution is 14.1. The van der Waals surface area contributed by atoms with Gasteiger partial charge in [0, 0.05) is 6.92 Å². The summed E-state index contributed by atoms with van der Waals surface area (Å²) < 4.78 is 23.6. The van der Waals surface area contributed by atoms with Crippen LogP contribution in [0.1, 0.15) is 33.3 Å². The molecule has 1 heterocycles. The van der Waals surface area contributed by atoms with E-state index in [4.69, 9.17) is 18.6 Å². The quantitative estimate of drug-likeness (QED) is 0.246. The summed E-state index contributed by atoms with van der Waals surface area (Å²) in [6, 6.07) is 9.86. The number of ether oxygens (including phenoxy) is 3. The van der Waals surface area contributed by atoms with Crippen LogP contribution in [0.2, 0.25) is 18.1 Å². The van der Waals surface area contributed by atoms with Crippen LogP contribution in [0.15, 0.2) is 30.3 Å². The number of halogens is 1. The molecule has 1 aliphatic heterocycles. The fraction of sp³-hybridized carbons (Fsp3) is 0.667. The predicted octanol–water partition coefficient (Wildman–Crippen LogP) is 4.05. The molecular formula is C21H33IO6Si. The van der Waals surface area contributed by atoms with E-state index in [-0.39, 0.29) is 21.7 Å². The number of rotatable bonds is 7. The van der Waals surface area contributed by atoms with E-state index in [9.17, 15) is 9.90 Å².